The first-order valence-electron chi connectivity index (χ1n) is 6.92. The topological polar surface area (TPSA) is 80.0 Å². The Labute approximate surface area is 123 Å². The van der Waals surface area contributed by atoms with Crippen LogP contribution < -0.4 is 5.73 Å². The summed E-state index contributed by atoms with van der Waals surface area (Å²) in [5.74, 6) is -1.35. The lowest BCUT2D eigenvalue weighted by Crippen LogP contribution is -2.39. The Morgan fingerprint density at radius 2 is 1.90 bits per heavy atom. The molecule has 0 radical (unpaired) electrons. The summed E-state index contributed by atoms with van der Waals surface area (Å²) in [6, 6.07) is 9.70. The van der Waals surface area contributed by atoms with E-state index in [4.69, 9.17) is 24.7 Å². The first kappa shape index (κ1) is 14.5. The monoisotopic (exact) mass is 293 g/mol. The molecule has 2 N–H and O–H groups in total. The van der Waals surface area contributed by atoms with Crippen molar-refractivity contribution in [2.24, 2.45) is 5.73 Å². The number of fused-ring (bicyclic) bond motifs is 1. The number of rotatable bonds is 4. The van der Waals surface area contributed by atoms with Gasteiger partial charge >= 0.3 is 0 Å². The van der Waals surface area contributed by atoms with Crippen LogP contribution in [0, 0.1) is 0 Å². The summed E-state index contributed by atoms with van der Waals surface area (Å²) in [5.41, 5.74) is 6.37. The van der Waals surface area contributed by atoms with Crippen molar-refractivity contribution in [1.29, 1.82) is 0 Å². The summed E-state index contributed by atoms with van der Waals surface area (Å²) >= 11 is 0. The molecule has 2 heterocycles. The van der Waals surface area contributed by atoms with Crippen LogP contribution >= 0.6 is 0 Å². The van der Waals surface area contributed by atoms with E-state index in [1.807, 2.05) is 30.3 Å². The lowest BCUT2D eigenvalue weighted by molar-refractivity contribution is -0.234. The summed E-state index contributed by atoms with van der Waals surface area (Å²) in [7, 11) is 0. The fourth-order valence-electron chi connectivity index (χ4n) is 2.68. The predicted molar refractivity (Wildman–Crippen MR) is 72.9 cm³/mol. The maximum Gasteiger partial charge on any atom is 0.249 e. The number of ether oxygens (including phenoxy) is 4. The summed E-state index contributed by atoms with van der Waals surface area (Å²) in [6.07, 6.45) is -2.51. The van der Waals surface area contributed by atoms with Crippen molar-refractivity contribution in [2.45, 2.75) is 50.8 Å². The highest BCUT2D eigenvalue weighted by molar-refractivity contribution is 5.80. The van der Waals surface area contributed by atoms with Crippen LogP contribution in [0.2, 0.25) is 0 Å². The molecule has 3 rings (SSSR count). The van der Waals surface area contributed by atoms with E-state index < -0.39 is 36.3 Å². The van der Waals surface area contributed by atoms with Gasteiger partial charge in [-0.15, -0.1) is 0 Å². The molecule has 1 amide bonds. The third-order valence-electron chi connectivity index (χ3n) is 3.55. The van der Waals surface area contributed by atoms with Crippen molar-refractivity contribution in [1.82, 2.24) is 0 Å². The summed E-state index contributed by atoms with van der Waals surface area (Å²) < 4.78 is 22.8. The minimum atomic E-state index is -0.849. The predicted octanol–water partition coefficient (Wildman–Crippen LogP) is 0.933. The molecule has 2 aliphatic rings. The molecule has 0 bridgehead atoms. The normalized spacial score (nSPS) is 33.8. The van der Waals surface area contributed by atoms with Gasteiger partial charge in [-0.3, -0.25) is 4.79 Å². The summed E-state index contributed by atoms with van der Waals surface area (Å²) in [4.78, 5) is 11.5. The lowest BCUT2D eigenvalue weighted by atomic mass is 10.1. The number of carbonyl (C=O) groups excluding carboxylic acids is 1. The van der Waals surface area contributed by atoms with E-state index in [2.05, 4.69) is 0 Å². The van der Waals surface area contributed by atoms with Crippen molar-refractivity contribution in [3.8, 4) is 0 Å². The van der Waals surface area contributed by atoms with Gasteiger partial charge in [0.1, 0.15) is 12.2 Å². The van der Waals surface area contributed by atoms with Crippen LogP contribution in [0.1, 0.15) is 19.4 Å². The van der Waals surface area contributed by atoms with Gasteiger partial charge in [0.05, 0.1) is 6.61 Å². The largest absolute Gasteiger partial charge is 0.367 e. The van der Waals surface area contributed by atoms with Crippen LogP contribution in [0.4, 0.5) is 0 Å². The zero-order valence-corrected chi connectivity index (χ0v) is 12.0. The van der Waals surface area contributed by atoms with Crippen LogP contribution in [0.25, 0.3) is 0 Å². The Hall–Kier alpha value is -1.47. The molecule has 2 aliphatic heterocycles. The Morgan fingerprint density at radius 3 is 2.57 bits per heavy atom. The van der Waals surface area contributed by atoms with Gasteiger partial charge in [-0.2, -0.15) is 0 Å². The molecule has 6 heteroatoms. The second-order valence-corrected chi connectivity index (χ2v) is 5.69. The molecular formula is C15H19NO5. The number of amides is 1. The molecular weight excluding hydrogens is 274 g/mol. The Balaban J connectivity index is 1.69. The smallest absolute Gasteiger partial charge is 0.249 e. The lowest BCUT2D eigenvalue weighted by Gasteiger charge is -2.23. The highest BCUT2D eigenvalue weighted by Crippen LogP contribution is 2.39. The zero-order valence-electron chi connectivity index (χ0n) is 12.0. The van der Waals surface area contributed by atoms with Gasteiger partial charge in [0.2, 0.25) is 5.91 Å². The second-order valence-electron chi connectivity index (χ2n) is 5.69. The van der Waals surface area contributed by atoms with Gasteiger partial charge in [0.25, 0.3) is 0 Å². The number of hydrogen-bond acceptors (Lipinski definition) is 5. The number of nitrogens with two attached hydrogens (primary N) is 1. The second kappa shape index (κ2) is 5.38. The molecule has 0 spiro atoms. The molecule has 1 aromatic carbocycles. The van der Waals surface area contributed by atoms with Gasteiger partial charge in [-0.25, -0.2) is 0 Å². The average molecular weight is 293 g/mol. The van der Waals surface area contributed by atoms with Crippen molar-refractivity contribution in [3.63, 3.8) is 0 Å². The molecule has 0 aromatic heterocycles. The molecule has 0 aliphatic carbocycles. The van der Waals surface area contributed by atoms with Crippen molar-refractivity contribution >= 4 is 5.91 Å². The van der Waals surface area contributed by atoms with Crippen molar-refractivity contribution in [2.75, 3.05) is 0 Å². The average Bonchev–Trinajstić information content (AvgIpc) is 2.91. The molecule has 4 atom stereocenters. The number of hydrogen-bond donors (Lipinski definition) is 1. The van der Waals surface area contributed by atoms with Crippen molar-refractivity contribution in [3.05, 3.63) is 35.9 Å². The van der Waals surface area contributed by atoms with E-state index in [0.717, 1.165) is 5.56 Å². The van der Waals surface area contributed by atoms with Gasteiger partial charge in [0.15, 0.2) is 18.2 Å². The van der Waals surface area contributed by atoms with Crippen molar-refractivity contribution < 1.29 is 23.7 Å². The number of carbonyl (C=O) groups is 1. The fraction of sp³-hybridized carbons (Fsp3) is 0.533. The maximum atomic E-state index is 11.5. The minimum absolute atomic E-state index is 0.365. The summed E-state index contributed by atoms with van der Waals surface area (Å²) in [6.45, 7) is 3.94. The third kappa shape index (κ3) is 2.94. The first-order valence-corrected chi connectivity index (χ1v) is 6.92. The van der Waals surface area contributed by atoms with Crippen LogP contribution in [-0.2, 0) is 30.3 Å². The van der Waals surface area contributed by atoms with Crippen LogP contribution in [0.3, 0.4) is 0 Å². The molecule has 6 nitrogen and oxygen atoms in total. The van der Waals surface area contributed by atoms with Crippen LogP contribution in [0.15, 0.2) is 30.3 Å². The van der Waals surface area contributed by atoms with E-state index in [1.54, 1.807) is 13.8 Å². The zero-order chi connectivity index (χ0) is 15.0. The first-order chi connectivity index (χ1) is 9.96. The van der Waals surface area contributed by atoms with E-state index >= 15 is 0 Å². The SMILES string of the molecule is CC1(C)OC2C(C(N)=O)OC(OCc3ccccc3)[C@@H]2O1. The number of primary amides is 1. The Bertz CT molecular complexity index is 518. The highest BCUT2D eigenvalue weighted by atomic mass is 16.8. The standard InChI is InChI=1S/C15H19NO5/c1-15(2)20-10-11(13(16)17)19-14(12(10)21-15)18-8-9-6-4-3-5-7-9/h3-7,10-12,14H,8H2,1-2H3,(H2,16,17)/t10?,11?,12-,14?/m1/s1. The van der Waals surface area contributed by atoms with Crippen LogP contribution in [0.5, 0.6) is 0 Å². The fourth-order valence-corrected chi connectivity index (χ4v) is 2.68. The molecule has 2 saturated heterocycles. The highest BCUT2D eigenvalue weighted by Gasteiger charge is 2.57. The molecule has 2 fully saturated rings. The van der Waals surface area contributed by atoms with E-state index in [-0.39, 0.29) is 0 Å². The van der Waals surface area contributed by atoms with Gasteiger partial charge < -0.3 is 24.7 Å². The maximum absolute atomic E-state index is 11.5. The van der Waals surface area contributed by atoms with E-state index in [9.17, 15) is 4.79 Å². The number of benzene rings is 1. The molecule has 114 valence electrons. The Morgan fingerprint density at radius 1 is 1.24 bits per heavy atom. The van der Waals surface area contributed by atoms with Gasteiger partial charge in [-0.05, 0) is 19.4 Å². The minimum Gasteiger partial charge on any atom is -0.367 e. The van der Waals surface area contributed by atoms with Gasteiger partial charge in [0, 0.05) is 0 Å². The molecule has 0 saturated carbocycles. The van der Waals surface area contributed by atoms with Gasteiger partial charge in [-0.1, -0.05) is 30.3 Å². The Kier molecular flexibility index (Phi) is 3.71. The quantitative estimate of drug-likeness (QED) is 0.893. The molecule has 21 heavy (non-hydrogen) atoms. The van der Waals surface area contributed by atoms with E-state index in [1.165, 1.54) is 0 Å². The molecule has 1 aromatic rings. The molecule has 3 unspecified atom stereocenters. The summed E-state index contributed by atoms with van der Waals surface area (Å²) in [5, 5.41) is 0. The third-order valence-corrected chi connectivity index (χ3v) is 3.55. The van der Waals surface area contributed by atoms with E-state index in [0.29, 0.717) is 6.61 Å². The van der Waals surface area contributed by atoms with Crippen LogP contribution in [-0.4, -0.2) is 36.3 Å².